The van der Waals surface area contributed by atoms with Crippen molar-refractivity contribution >= 4 is 0 Å². The molecule has 20 heavy (non-hydrogen) atoms. The van der Waals surface area contributed by atoms with Crippen LogP contribution in [-0.2, 0) is 4.74 Å². The summed E-state index contributed by atoms with van der Waals surface area (Å²) in [7, 11) is 0. The number of epoxide rings is 1. The van der Waals surface area contributed by atoms with Gasteiger partial charge in [0, 0.05) is 0 Å². The van der Waals surface area contributed by atoms with Crippen molar-refractivity contribution in [3.05, 3.63) is 29.8 Å². The van der Waals surface area contributed by atoms with Crippen molar-refractivity contribution in [3.63, 3.8) is 0 Å². The van der Waals surface area contributed by atoms with Gasteiger partial charge in [0.2, 0.25) is 0 Å². The van der Waals surface area contributed by atoms with E-state index in [0.717, 1.165) is 24.2 Å². The van der Waals surface area contributed by atoms with Crippen molar-refractivity contribution in [3.8, 4) is 5.75 Å². The van der Waals surface area contributed by atoms with E-state index in [4.69, 9.17) is 9.47 Å². The monoisotopic (exact) mass is 274 g/mol. The molecule has 2 nitrogen and oxygen atoms in total. The first-order valence-corrected chi connectivity index (χ1v) is 8.19. The van der Waals surface area contributed by atoms with Crippen molar-refractivity contribution < 1.29 is 9.47 Å². The molecule has 1 saturated heterocycles. The molecular weight excluding hydrogens is 248 g/mol. The van der Waals surface area contributed by atoms with Crippen LogP contribution < -0.4 is 4.74 Å². The molecule has 1 aliphatic heterocycles. The molecule has 110 valence electrons. The smallest absolute Gasteiger partial charge is 0.119 e. The van der Waals surface area contributed by atoms with Crippen molar-refractivity contribution in [1.82, 2.24) is 0 Å². The Morgan fingerprint density at radius 1 is 1.10 bits per heavy atom. The van der Waals surface area contributed by atoms with Gasteiger partial charge in [-0.15, -0.1) is 0 Å². The SMILES string of the molecule is CCC[C@H]1CC[C@H](c2ccc(OC[C@H]3CO3)cc2)CC1. The zero-order valence-electron chi connectivity index (χ0n) is 12.5. The van der Waals surface area contributed by atoms with Crippen LogP contribution in [-0.4, -0.2) is 19.3 Å². The molecule has 0 aromatic heterocycles. The zero-order valence-corrected chi connectivity index (χ0v) is 12.5. The van der Waals surface area contributed by atoms with Crippen LogP contribution in [0.25, 0.3) is 0 Å². The Kier molecular flexibility index (Phi) is 4.62. The molecular formula is C18H26O2. The molecule has 0 N–H and O–H groups in total. The maximum atomic E-state index is 5.70. The predicted octanol–water partition coefficient (Wildman–Crippen LogP) is 4.54. The van der Waals surface area contributed by atoms with E-state index in [0.29, 0.717) is 12.7 Å². The first-order chi connectivity index (χ1) is 9.85. The van der Waals surface area contributed by atoms with Crippen LogP contribution in [0.4, 0.5) is 0 Å². The number of benzene rings is 1. The molecule has 1 atom stereocenters. The Hall–Kier alpha value is -1.02. The topological polar surface area (TPSA) is 21.8 Å². The fourth-order valence-electron chi connectivity index (χ4n) is 3.38. The van der Waals surface area contributed by atoms with E-state index >= 15 is 0 Å². The lowest BCUT2D eigenvalue weighted by Gasteiger charge is -2.28. The maximum Gasteiger partial charge on any atom is 0.119 e. The van der Waals surface area contributed by atoms with E-state index in [9.17, 15) is 0 Å². The molecule has 1 aliphatic carbocycles. The standard InChI is InChI=1S/C18H26O2/c1-2-3-14-4-6-15(7-5-14)16-8-10-17(11-9-16)19-12-18-13-20-18/h8-11,14-15,18H,2-7,12-13H2,1H3/t14-,15-,18-/m0/s1. The van der Waals surface area contributed by atoms with Gasteiger partial charge in [0.1, 0.15) is 18.5 Å². The van der Waals surface area contributed by atoms with E-state index in [2.05, 4.69) is 31.2 Å². The third-order valence-corrected chi connectivity index (χ3v) is 4.73. The van der Waals surface area contributed by atoms with E-state index in [1.165, 1.54) is 44.1 Å². The number of ether oxygens (including phenoxy) is 2. The first-order valence-electron chi connectivity index (χ1n) is 8.19. The van der Waals surface area contributed by atoms with Gasteiger partial charge in [-0.2, -0.15) is 0 Å². The summed E-state index contributed by atoms with van der Waals surface area (Å²) < 4.78 is 10.9. The Balaban J connectivity index is 1.49. The number of hydrogen-bond donors (Lipinski definition) is 0. The lowest BCUT2D eigenvalue weighted by Crippen LogP contribution is -2.13. The average molecular weight is 274 g/mol. The molecule has 0 radical (unpaired) electrons. The van der Waals surface area contributed by atoms with Gasteiger partial charge in [-0.05, 0) is 55.2 Å². The Morgan fingerprint density at radius 3 is 2.40 bits per heavy atom. The summed E-state index contributed by atoms with van der Waals surface area (Å²) in [6, 6.07) is 8.76. The van der Waals surface area contributed by atoms with Gasteiger partial charge in [-0.3, -0.25) is 0 Å². The molecule has 2 heteroatoms. The van der Waals surface area contributed by atoms with E-state index < -0.39 is 0 Å². The molecule has 0 unspecified atom stereocenters. The molecule has 1 aromatic carbocycles. The van der Waals surface area contributed by atoms with Gasteiger partial charge in [0.25, 0.3) is 0 Å². The lowest BCUT2D eigenvalue weighted by atomic mass is 9.77. The largest absolute Gasteiger partial charge is 0.491 e. The number of hydrogen-bond acceptors (Lipinski definition) is 2. The predicted molar refractivity (Wildman–Crippen MR) is 81.3 cm³/mol. The summed E-state index contributed by atoms with van der Waals surface area (Å²) in [5.41, 5.74) is 1.50. The van der Waals surface area contributed by atoms with Crippen molar-refractivity contribution in [1.29, 1.82) is 0 Å². The van der Waals surface area contributed by atoms with Gasteiger partial charge >= 0.3 is 0 Å². The molecule has 1 aromatic rings. The highest BCUT2D eigenvalue weighted by molar-refractivity contribution is 5.29. The molecule has 1 saturated carbocycles. The first kappa shape index (κ1) is 13.9. The highest BCUT2D eigenvalue weighted by Gasteiger charge is 2.23. The molecule has 3 rings (SSSR count). The Labute approximate surface area is 122 Å². The third-order valence-electron chi connectivity index (χ3n) is 4.73. The van der Waals surface area contributed by atoms with Crippen molar-refractivity contribution in [2.24, 2.45) is 5.92 Å². The minimum Gasteiger partial charge on any atom is -0.491 e. The van der Waals surface area contributed by atoms with Crippen LogP contribution >= 0.6 is 0 Å². The van der Waals surface area contributed by atoms with E-state index in [1.54, 1.807) is 0 Å². The summed E-state index contributed by atoms with van der Waals surface area (Å²) >= 11 is 0. The van der Waals surface area contributed by atoms with Crippen LogP contribution in [0.15, 0.2) is 24.3 Å². The molecule has 2 aliphatic rings. The molecule has 0 bridgehead atoms. The highest BCUT2D eigenvalue weighted by atomic mass is 16.6. The van der Waals surface area contributed by atoms with Gasteiger partial charge in [0.15, 0.2) is 0 Å². The van der Waals surface area contributed by atoms with Crippen molar-refractivity contribution in [2.75, 3.05) is 13.2 Å². The van der Waals surface area contributed by atoms with Crippen LogP contribution in [0.3, 0.4) is 0 Å². The maximum absolute atomic E-state index is 5.70. The van der Waals surface area contributed by atoms with Crippen LogP contribution in [0.1, 0.15) is 56.9 Å². The quantitative estimate of drug-likeness (QED) is 0.710. The highest BCUT2D eigenvalue weighted by Crippen LogP contribution is 2.37. The van der Waals surface area contributed by atoms with Crippen LogP contribution in [0, 0.1) is 5.92 Å². The second-order valence-corrected chi connectivity index (χ2v) is 6.34. The van der Waals surface area contributed by atoms with Gasteiger partial charge in [-0.25, -0.2) is 0 Å². The van der Waals surface area contributed by atoms with Crippen molar-refractivity contribution in [2.45, 2.75) is 57.5 Å². The summed E-state index contributed by atoms with van der Waals surface area (Å²) in [5, 5.41) is 0. The fourth-order valence-corrected chi connectivity index (χ4v) is 3.38. The van der Waals surface area contributed by atoms with Crippen LogP contribution in [0.5, 0.6) is 5.75 Å². The summed E-state index contributed by atoms with van der Waals surface area (Å²) in [5.74, 6) is 2.73. The van der Waals surface area contributed by atoms with Gasteiger partial charge < -0.3 is 9.47 Å². The fraction of sp³-hybridized carbons (Fsp3) is 0.667. The summed E-state index contributed by atoms with van der Waals surface area (Å²) in [6.07, 6.45) is 8.64. The normalized spacial score (nSPS) is 29.1. The minimum atomic E-state index is 0.337. The second kappa shape index (κ2) is 6.62. The van der Waals surface area contributed by atoms with E-state index in [-0.39, 0.29) is 0 Å². The Morgan fingerprint density at radius 2 is 1.80 bits per heavy atom. The second-order valence-electron chi connectivity index (χ2n) is 6.34. The molecule has 0 spiro atoms. The lowest BCUT2D eigenvalue weighted by molar-refractivity contribution is 0.263. The summed E-state index contributed by atoms with van der Waals surface area (Å²) in [4.78, 5) is 0. The average Bonchev–Trinajstić information content (AvgIpc) is 3.31. The minimum absolute atomic E-state index is 0.337. The Bertz CT molecular complexity index is 400. The van der Waals surface area contributed by atoms with Crippen LogP contribution in [0.2, 0.25) is 0 Å². The third kappa shape index (κ3) is 3.76. The molecule has 2 fully saturated rings. The molecule has 1 heterocycles. The van der Waals surface area contributed by atoms with Gasteiger partial charge in [-0.1, -0.05) is 31.9 Å². The summed E-state index contributed by atoms with van der Waals surface area (Å²) in [6.45, 7) is 3.86. The molecule has 0 amide bonds. The zero-order chi connectivity index (χ0) is 13.8. The van der Waals surface area contributed by atoms with E-state index in [1.807, 2.05) is 0 Å². The van der Waals surface area contributed by atoms with Gasteiger partial charge in [0.05, 0.1) is 6.61 Å². The number of rotatable bonds is 6.